The van der Waals surface area contributed by atoms with E-state index in [2.05, 4.69) is 84.0 Å². The summed E-state index contributed by atoms with van der Waals surface area (Å²) in [7, 11) is -9.96. The summed E-state index contributed by atoms with van der Waals surface area (Å²) in [5.41, 5.74) is 5.54. The number of hydrogen-bond acceptors (Lipinski definition) is 21. The molecule has 0 radical (unpaired) electrons. The van der Waals surface area contributed by atoms with Crippen LogP contribution in [0.3, 0.4) is 0 Å². The lowest BCUT2D eigenvalue weighted by molar-refractivity contribution is 0.128. The zero-order valence-electron chi connectivity index (χ0n) is 69.0. The molecule has 660 valence electrons. The van der Waals surface area contributed by atoms with Crippen molar-refractivity contribution in [1.82, 2.24) is 64.9 Å². The number of benzene rings is 9. The van der Waals surface area contributed by atoms with Gasteiger partial charge in [0, 0.05) is 70.8 Å². The Morgan fingerprint density at radius 3 is 1.14 bits per heavy atom. The van der Waals surface area contributed by atoms with E-state index in [0.717, 1.165) is 71.4 Å². The Hall–Kier alpha value is -11.1. The van der Waals surface area contributed by atoms with E-state index in [4.69, 9.17) is 49.0 Å². The lowest BCUT2D eigenvalue weighted by Gasteiger charge is -2.43. The van der Waals surface area contributed by atoms with Crippen LogP contribution in [0.15, 0.2) is 193 Å². The molecule has 0 saturated carbocycles. The average Bonchev–Trinajstić information content (AvgIpc) is 1.79. The molecule has 4 aromatic heterocycles. The molecule has 0 unspecified atom stereocenters. The smallest absolute Gasteiger partial charge is 0.185 e. The molecule has 1 aliphatic rings. The Kier molecular flexibility index (Phi) is 30.9. The van der Waals surface area contributed by atoms with Gasteiger partial charge in [0.1, 0.15) is 90.9 Å². The van der Waals surface area contributed by atoms with Crippen LogP contribution in [0.25, 0.3) is 67.8 Å². The standard InChI is InChI=1S/C26H33ClFN5O2S.C22H15F4N3O3S.2C19H19ClFN3O3S/c1-5-15-36(34,35)18-20-9-10-22(28)25(24(20)27)33-17-23(29-30-33)19-7-6-8-21(16-19)31-11-13-32(14-12-31)26(2,3)4;1-32-16-4-2-3-13(9-16)19-11-29(28-27-19)22-18(25)7-5-14(21(22)26)12-33(30,31)20-10-15(23)6-8-17(20)24;1-3-9-28(25,26)12-14-7-8-16(21)19(18(14)20)24-11-17(22-23-24)13-5-4-6-15(10-13)27-2;1-3-9-28(25,26)12-14-7-8-16(20)19(18(14)21)24-11-17(22-23-24)13-5-4-6-15(10-13)27-2/h6-10,16-17H,5,11-15,18H2,1-4H3;2-11H,12H2,1H3;2*4-8,10-11H,3,9,12H2,1-2H3. The van der Waals surface area contributed by atoms with E-state index in [1.54, 1.807) is 102 Å². The van der Waals surface area contributed by atoms with Gasteiger partial charge in [-0.1, -0.05) is 149 Å². The van der Waals surface area contributed by atoms with Crippen molar-refractivity contribution >= 4 is 79.8 Å². The first-order chi connectivity index (χ1) is 59.4. The lowest BCUT2D eigenvalue weighted by Crippen LogP contribution is -2.53. The number of aromatic nitrogens is 12. The first kappa shape index (κ1) is 94.6. The number of halogens is 10. The maximum atomic E-state index is 15.2. The van der Waals surface area contributed by atoms with Gasteiger partial charge in [-0.05, 0) is 142 Å². The summed E-state index contributed by atoms with van der Waals surface area (Å²) < 4.78 is 220. The van der Waals surface area contributed by atoms with Gasteiger partial charge in [0.2, 0.25) is 0 Å². The zero-order chi connectivity index (χ0) is 90.5. The van der Waals surface area contributed by atoms with E-state index in [0.29, 0.717) is 82.4 Å². The maximum Gasteiger partial charge on any atom is 0.185 e. The fraction of sp³-hybridized carbons (Fsp3) is 0.279. The predicted molar refractivity (Wildman–Crippen MR) is 466 cm³/mol. The minimum Gasteiger partial charge on any atom is -0.497 e. The molecule has 0 spiro atoms. The van der Waals surface area contributed by atoms with Crippen LogP contribution < -0.4 is 19.1 Å². The molecule has 0 aliphatic carbocycles. The summed E-state index contributed by atoms with van der Waals surface area (Å²) in [6, 6.07) is 41.0. The fourth-order valence-corrected chi connectivity index (χ4v) is 20.2. The molecule has 39 heteroatoms. The predicted octanol–water partition coefficient (Wildman–Crippen LogP) is 17.6. The zero-order valence-corrected chi connectivity index (χ0v) is 74.5. The van der Waals surface area contributed by atoms with E-state index in [1.807, 2.05) is 24.3 Å². The van der Waals surface area contributed by atoms with Crippen molar-refractivity contribution in [3.8, 4) is 85.0 Å². The van der Waals surface area contributed by atoms with Gasteiger partial charge in [0.15, 0.2) is 56.8 Å². The minimum atomic E-state index is -4.48. The van der Waals surface area contributed by atoms with E-state index in [-0.39, 0.29) is 77.7 Å². The van der Waals surface area contributed by atoms with Gasteiger partial charge >= 0.3 is 0 Å². The molecule has 14 rings (SSSR count). The van der Waals surface area contributed by atoms with E-state index >= 15 is 8.78 Å². The molecule has 1 aliphatic heterocycles. The molecule has 0 amide bonds. The topological polar surface area (TPSA) is 294 Å². The van der Waals surface area contributed by atoms with Crippen molar-refractivity contribution in [3.63, 3.8) is 0 Å². The molecule has 0 N–H and O–H groups in total. The van der Waals surface area contributed by atoms with Crippen molar-refractivity contribution < 1.29 is 78.6 Å². The normalized spacial score (nSPS) is 12.7. The van der Waals surface area contributed by atoms with Crippen LogP contribution >= 0.6 is 34.8 Å². The van der Waals surface area contributed by atoms with E-state index in [9.17, 15) is 55.6 Å². The SMILES string of the molecule is CCCS(=O)(=O)Cc1ccc(Cl)c(-n2cc(-c3cccc(OC)c3)nn2)c1F.CCCS(=O)(=O)Cc1ccc(F)c(-n2cc(-c3cccc(N4CCN(C(C)(C)C)CC4)c3)nn2)c1Cl.CCCS(=O)(=O)Cc1ccc(F)c(-n2cc(-c3cccc(OC)c3)nn2)c1Cl.COc1cccc(-c2cn(-c3c(F)ccc(CS(=O)(=O)c4cc(F)ccc4F)c3F)nn2)c1. The van der Waals surface area contributed by atoms with Crippen LogP contribution in [0.1, 0.15) is 83.1 Å². The molecule has 5 heterocycles. The molecule has 1 saturated heterocycles. The lowest BCUT2D eigenvalue weighted by atomic mass is 10.0. The van der Waals surface area contributed by atoms with Crippen molar-refractivity contribution in [3.05, 3.63) is 267 Å². The Morgan fingerprint density at radius 1 is 0.384 bits per heavy atom. The van der Waals surface area contributed by atoms with Crippen LogP contribution in [-0.4, -0.2) is 169 Å². The summed E-state index contributed by atoms with van der Waals surface area (Å²) in [4.78, 5) is 3.92. The number of nitrogens with zero attached hydrogens (tertiary/aromatic N) is 14. The maximum absolute atomic E-state index is 15.2. The number of piperazine rings is 1. The van der Waals surface area contributed by atoms with Crippen LogP contribution in [0.4, 0.5) is 36.4 Å². The highest BCUT2D eigenvalue weighted by Crippen LogP contribution is 2.37. The second-order valence-corrected chi connectivity index (χ2v) is 39.3. The van der Waals surface area contributed by atoms with Gasteiger partial charge in [-0.25, -0.2) is 83.1 Å². The summed E-state index contributed by atoms with van der Waals surface area (Å²) in [5.74, 6) is -6.35. The molecule has 0 atom stereocenters. The van der Waals surface area contributed by atoms with Crippen LogP contribution in [0.5, 0.6) is 17.2 Å². The second kappa shape index (κ2) is 40.9. The summed E-state index contributed by atoms with van der Waals surface area (Å²) in [6.07, 6.45) is 7.42. The van der Waals surface area contributed by atoms with E-state index in [1.165, 1.54) is 76.1 Å². The van der Waals surface area contributed by atoms with Gasteiger partial charge in [0.05, 0.1) is 101 Å². The van der Waals surface area contributed by atoms with Crippen molar-refractivity contribution in [2.24, 2.45) is 0 Å². The largest absolute Gasteiger partial charge is 0.497 e. The first-order valence-corrected chi connectivity index (χ1v) is 47.0. The van der Waals surface area contributed by atoms with Gasteiger partial charge in [-0.2, -0.15) is 0 Å². The summed E-state index contributed by atoms with van der Waals surface area (Å²) in [5, 5.41) is 32.2. The van der Waals surface area contributed by atoms with E-state index < -0.39 is 108 Å². The number of sulfone groups is 4. The fourth-order valence-electron chi connectivity index (χ4n) is 13.3. The Bertz CT molecular complexity index is 6360. The Labute approximate surface area is 733 Å². The Balaban J connectivity index is 0.000000163. The third-order valence-electron chi connectivity index (χ3n) is 19.6. The van der Waals surface area contributed by atoms with Gasteiger partial charge < -0.3 is 19.1 Å². The van der Waals surface area contributed by atoms with Crippen LogP contribution in [0, 0.1) is 40.7 Å². The molecule has 125 heavy (non-hydrogen) atoms. The summed E-state index contributed by atoms with van der Waals surface area (Å²) in [6.45, 7) is 15.9. The monoisotopic (exact) mass is 1860 g/mol. The number of anilines is 1. The molecule has 1 fully saturated rings. The summed E-state index contributed by atoms with van der Waals surface area (Å²) >= 11 is 19.0. The Morgan fingerprint density at radius 2 is 0.728 bits per heavy atom. The minimum absolute atomic E-state index is 0.00164. The number of methoxy groups -OCH3 is 3. The molecular formula is C86H86Cl3F7N14O11S4. The highest BCUT2D eigenvalue weighted by atomic mass is 35.5. The van der Waals surface area contributed by atoms with Crippen molar-refractivity contribution in [2.45, 2.75) is 94.3 Å². The molecule has 25 nitrogen and oxygen atoms in total. The second-order valence-electron chi connectivity index (χ2n) is 29.7. The van der Waals surface area contributed by atoms with Crippen LogP contribution in [0.2, 0.25) is 15.1 Å². The third-order valence-corrected chi connectivity index (χ3v) is 27.7. The molecule has 0 bridgehead atoms. The molecular weight excluding hydrogens is 1770 g/mol. The van der Waals surface area contributed by atoms with Crippen molar-refractivity contribution in [1.29, 1.82) is 0 Å². The highest BCUT2D eigenvalue weighted by Gasteiger charge is 2.30. The van der Waals surface area contributed by atoms with Crippen LogP contribution in [-0.2, 0) is 62.4 Å². The molecule has 13 aromatic rings. The highest BCUT2D eigenvalue weighted by molar-refractivity contribution is 7.91. The number of rotatable bonds is 27. The quantitative estimate of drug-likeness (QED) is 0.0432. The van der Waals surface area contributed by atoms with Gasteiger partial charge in [-0.3, -0.25) is 4.90 Å². The number of ether oxygens (including phenoxy) is 3. The average molecular weight is 1860 g/mol. The number of hydrogen-bond donors (Lipinski definition) is 0. The molecule has 9 aromatic carbocycles. The van der Waals surface area contributed by atoms with Gasteiger partial charge in [-0.15, -0.1) is 20.4 Å². The van der Waals surface area contributed by atoms with Gasteiger partial charge in [0.25, 0.3) is 0 Å². The van der Waals surface area contributed by atoms with Crippen molar-refractivity contribution in [2.75, 3.05) is 69.7 Å². The third kappa shape index (κ3) is 23.7. The first-order valence-electron chi connectivity index (χ1n) is 38.8.